The molecule has 0 bridgehead atoms. The van der Waals surface area contributed by atoms with E-state index < -0.39 is 12.1 Å². The number of nitrogens with zero attached hydrogens (tertiary/aromatic N) is 2. The fourth-order valence-electron chi connectivity index (χ4n) is 4.87. The number of hydrogen-bond donors (Lipinski definition) is 4. The van der Waals surface area contributed by atoms with Crippen molar-refractivity contribution in [3.8, 4) is 5.75 Å². The molecule has 4 N–H and O–H groups in total. The monoisotopic (exact) mass is 534 g/mol. The summed E-state index contributed by atoms with van der Waals surface area (Å²) in [6.07, 6.45) is 4.15. The minimum absolute atomic E-state index is 0.101. The first-order chi connectivity index (χ1) is 18.9. The number of nitrogens with one attached hydrogen (secondary N) is 4. The number of hydrogen-bond acceptors (Lipinski definition) is 4. The summed E-state index contributed by atoms with van der Waals surface area (Å²) in [6.45, 7) is 5.89. The third-order valence-corrected chi connectivity index (χ3v) is 7.06. The molecule has 2 heterocycles. The van der Waals surface area contributed by atoms with E-state index in [2.05, 4.69) is 27.9 Å². The van der Waals surface area contributed by atoms with E-state index in [1.807, 2.05) is 37.4 Å². The van der Waals surface area contributed by atoms with Crippen LogP contribution < -0.4 is 20.7 Å². The molecule has 1 aliphatic heterocycles. The van der Waals surface area contributed by atoms with E-state index in [9.17, 15) is 14.4 Å². The van der Waals surface area contributed by atoms with E-state index in [0.717, 1.165) is 29.3 Å². The third kappa shape index (κ3) is 7.01. The summed E-state index contributed by atoms with van der Waals surface area (Å²) >= 11 is 0. The maximum atomic E-state index is 13.8. The number of H-pyrrole nitrogens is 1. The number of benzene rings is 2. The van der Waals surface area contributed by atoms with Crippen LogP contribution in [0.5, 0.6) is 5.75 Å². The van der Waals surface area contributed by atoms with Crippen molar-refractivity contribution in [3.05, 3.63) is 60.3 Å². The van der Waals surface area contributed by atoms with Crippen LogP contribution in [0.25, 0.3) is 10.9 Å². The summed E-state index contributed by atoms with van der Waals surface area (Å²) < 4.78 is 5.18. The largest absolute Gasteiger partial charge is 0.497 e. The second kappa shape index (κ2) is 13.0. The molecule has 4 rings (SSSR count). The van der Waals surface area contributed by atoms with Gasteiger partial charge in [0.25, 0.3) is 0 Å². The molecule has 5 amide bonds. The second-order valence-electron chi connectivity index (χ2n) is 9.86. The Bertz CT molecular complexity index is 1270. The van der Waals surface area contributed by atoms with E-state index in [1.54, 1.807) is 41.2 Å². The zero-order chi connectivity index (χ0) is 27.8. The van der Waals surface area contributed by atoms with Crippen molar-refractivity contribution < 1.29 is 19.1 Å². The SMILES string of the molecule is CCCCNC(=O)N1CCN(C(=O)C(Cc2c[nH]c3ccccc23)NC(=O)Nc2ccc(OC)cc2)CC1C. The molecule has 2 atom stereocenters. The number of carbonyl (C=O) groups excluding carboxylic acids is 3. The van der Waals surface area contributed by atoms with Gasteiger partial charge in [0, 0.05) is 61.4 Å². The van der Waals surface area contributed by atoms with E-state index in [1.165, 1.54) is 0 Å². The molecule has 39 heavy (non-hydrogen) atoms. The Morgan fingerprint density at radius 3 is 2.59 bits per heavy atom. The predicted molar refractivity (Wildman–Crippen MR) is 152 cm³/mol. The maximum Gasteiger partial charge on any atom is 0.319 e. The third-order valence-electron chi connectivity index (χ3n) is 7.06. The molecular weight excluding hydrogens is 496 g/mol. The maximum absolute atomic E-state index is 13.8. The highest BCUT2D eigenvalue weighted by atomic mass is 16.5. The quantitative estimate of drug-likeness (QED) is 0.311. The molecule has 1 aromatic heterocycles. The predicted octanol–water partition coefficient (Wildman–Crippen LogP) is 3.95. The number of aromatic amines is 1. The van der Waals surface area contributed by atoms with Crippen molar-refractivity contribution in [1.29, 1.82) is 0 Å². The fraction of sp³-hybridized carbons (Fsp3) is 0.414. The van der Waals surface area contributed by atoms with Crippen molar-refractivity contribution in [2.24, 2.45) is 0 Å². The fourth-order valence-corrected chi connectivity index (χ4v) is 4.87. The number of carbonyl (C=O) groups is 3. The van der Waals surface area contributed by atoms with Gasteiger partial charge in [-0.05, 0) is 49.2 Å². The average Bonchev–Trinajstić information content (AvgIpc) is 3.35. The Morgan fingerprint density at radius 2 is 1.87 bits per heavy atom. The molecule has 3 aromatic rings. The molecule has 1 fully saturated rings. The number of unbranched alkanes of at least 4 members (excludes halogenated alkanes) is 1. The van der Waals surface area contributed by atoms with Gasteiger partial charge in [-0.1, -0.05) is 31.5 Å². The lowest BCUT2D eigenvalue weighted by Gasteiger charge is -2.41. The van der Waals surface area contributed by atoms with Crippen LogP contribution in [-0.4, -0.2) is 78.1 Å². The molecular formula is C29H38N6O4. The topological polar surface area (TPSA) is 119 Å². The van der Waals surface area contributed by atoms with E-state index >= 15 is 0 Å². The summed E-state index contributed by atoms with van der Waals surface area (Å²) in [4.78, 5) is 46.2. The summed E-state index contributed by atoms with van der Waals surface area (Å²) in [5, 5.41) is 9.68. The Labute approximate surface area is 229 Å². The first-order valence-corrected chi connectivity index (χ1v) is 13.5. The van der Waals surface area contributed by atoms with Gasteiger partial charge in [-0.15, -0.1) is 0 Å². The first-order valence-electron chi connectivity index (χ1n) is 13.5. The summed E-state index contributed by atoms with van der Waals surface area (Å²) in [7, 11) is 1.58. The van der Waals surface area contributed by atoms with Gasteiger partial charge in [-0.3, -0.25) is 4.79 Å². The van der Waals surface area contributed by atoms with E-state index in [4.69, 9.17) is 4.74 Å². The van der Waals surface area contributed by atoms with Crippen molar-refractivity contribution in [2.75, 3.05) is 38.6 Å². The number of rotatable bonds is 9. The van der Waals surface area contributed by atoms with Crippen LogP contribution >= 0.6 is 0 Å². The molecule has 1 aliphatic rings. The van der Waals surface area contributed by atoms with Crippen molar-refractivity contribution in [2.45, 2.75) is 45.2 Å². The second-order valence-corrected chi connectivity index (χ2v) is 9.86. The number of ether oxygens (including phenoxy) is 1. The molecule has 208 valence electrons. The lowest BCUT2D eigenvalue weighted by Crippen LogP contribution is -2.60. The number of aromatic nitrogens is 1. The Hall–Kier alpha value is -4.21. The van der Waals surface area contributed by atoms with Crippen LogP contribution in [0.4, 0.5) is 15.3 Å². The smallest absolute Gasteiger partial charge is 0.319 e. The first kappa shape index (κ1) is 27.8. The van der Waals surface area contributed by atoms with Gasteiger partial charge in [-0.2, -0.15) is 0 Å². The van der Waals surface area contributed by atoms with Gasteiger partial charge in [0.15, 0.2) is 0 Å². The minimum Gasteiger partial charge on any atom is -0.497 e. The number of anilines is 1. The average molecular weight is 535 g/mol. The molecule has 2 aromatic carbocycles. The number of methoxy groups -OCH3 is 1. The van der Waals surface area contributed by atoms with E-state index in [0.29, 0.717) is 44.0 Å². The Morgan fingerprint density at radius 1 is 1.10 bits per heavy atom. The molecule has 0 saturated carbocycles. The van der Waals surface area contributed by atoms with Gasteiger partial charge in [0.05, 0.1) is 7.11 Å². The van der Waals surface area contributed by atoms with Crippen LogP contribution in [0.2, 0.25) is 0 Å². The zero-order valence-corrected chi connectivity index (χ0v) is 22.8. The lowest BCUT2D eigenvalue weighted by atomic mass is 10.0. The van der Waals surface area contributed by atoms with Gasteiger partial charge in [-0.25, -0.2) is 9.59 Å². The number of para-hydroxylation sites is 1. The molecule has 2 unspecified atom stereocenters. The molecule has 10 nitrogen and oxygen atoms in total. The number of urea groups is 2. The highest BCUT2D eigenvalue weighted by Gasteiger charge is 2.34. The van der Waals surface area contributed by atoms with E-state index in [-0.39, 0.29) is 18.0 Å². The summed E-state index contributed by atoms with van der Waals surface area (Å²) in [6, 6.07) is 13.3. The van der Waals surface area contributed by atoms with Gasteiger partial charge >= 0.3 is 12.1 Å². The number of amides is 5. The van der Waals surface area contributed by atoms with Crippen LogP contribution in [0.3, 0.4) is 0 Å². The van der Waals surface area contributed by atoms with Crippen LogP contribution in [0.15, 0.2) is 54.7 Å². The Balaban J connectivity index is 1.47. The summed E-state index contributed by atoms with van der Waals surface area (Å²) in [5.41, 5.74) is 2.50. The minimum atomic E-state index is -0.792. The van der Waals surface area contributed by atoms with Crippen molar-refractivity contribution >= 4 is 34.6 Å². The van der Waals surface area contributed by atoms with Crippen molar-refractivity contribution in [1.82, 2.24) is 25.4 Å². The molecule has 0 radical (unpaired) electrons. The summed E-state index contributed by atoms with van der Waals surface area (Å²) in [5.74, 6) is 0.503. The number of fused-ring (bicyclic) bond motifs is 1. The highest BCUT2D eigenvalue weighted by molar-refractivity contribution is 5.94. The van der Waals surface area contributed by atoms with Gasteiger partial charge in [0.2, 0.25) is 5.91 Å². The lowest BCUT2D eigenvalue weighted by molar-refractivity contribution is -0.135. The molecule has 1 saturated heterocycles. The van der Waals surface area contributed by atoms with Crippen LogP contribution in [0, 0.1) is 0 Å². The van der Waals surface area contributed by atoms with Gasteiger partial charge < -0.3 is 35.5 Å². The Kier molecular flexibility index (Phi) is 9.30. The van der Waals surface area contributed by atoms with Crippen molar-refractivity contribution in [3.63, 3.8) is 0 Å². The number of piperazine rings is 1. The van der Waals surface area contributed by atoms with Gasteiger partial charge in [0.1, 0.15) is 11.8 Å². The van der Waals surface area contributed by atoms with Crippen LogP contribution in [0.1, 0.15) is 32.3 Å². The standard InChI is InChI=1S/C29H38N6O4/c1-4-5-14-30-29(38)35-16-15-34(19-20(35)2)27(36)26(17-21-18-31-25-9-7-6-8-24(21)25)33-28(37)32-22-10-12-23(39-3)13-11-22/h6-13,18,20,26,31H,4-5,14-17,19H2,1-3H3,(H,30,38)(H2,32,33,37). The molecule has 10 heteroatoms. The van der Waals surface area contributed by atoms with Crippen LogP contribution in [-0.2, 0) is 11.2 Å². The molecule has 0 spiro atoms. The highest BCUT2D eigenvalue weighted by Crippen LogP contribution is 2.21. The molecule has 0 aliphatic carbocycles. The normalized spacial score (nSPS) is 16.0. The zero-order valence-electron chi connectivity index (χ0n) is 22.8.